The summed E-state index contributed by atoms with van der Waals surface area (Å²) < 4.78 is 80.2. The minimum atomic E-state index is -5.08. The summed E-state index contributed by atoms with van der Waals surface area (Å²) in [7, 11) is -4.26. The summed E-state index contributed by atoms with van der Waals surface area (Å²) in [5.41, 5.74) is -0.301. The zero-order chi connectivity index (χ0) is 35.1. The van der Waals surface area contributed by atoms with Crippen molar-refractivity contribution in [1.29, 1.82) is 0 Å². The number of piperidine rings is 1. The van der Waals surface area contributed by atoms with E-state index in [9.17, 15) is 35.6 Å². The maximum absolute atomic E-state index is 13.9. The average molecular weight is 719 g/mol. The summed E-state index contributed by atoms with van der Waals surface area (Å²) in [5, 5.41) is 16.5. The van der Waals surface area contributed by atoms with Crippen molar-refractivity contribution < 1.29 is 50.2 Å². The van der Waals surface area contributed by atoms with Crippen LogP contribution in [0.15, 0.2) is 59.5 Å². The number of carbonyl (C=O) groups is 3. The number of ether oxygens (including phenoxy) is 1. The SMILES string of the molecule is O=C(O)C(F)(F)F.O=C1NCC2CC(C2)NC(=O)C2(CCCNC2)COC/C=C/CN(c2ccc(F)cc2)S(=O)(=O)c2cc1ccc2Cl. The third-order valence-electron chi connectivity index (χ3n) is 8.23. The molecule has 4 bridgehead atoms. The van der Waals surface area contributed by atoms with E-state index in [0.717, 1.165) is 30.1 Å². The molecule has 3 aliphatic heterocycles. The highest BCUT2D eigenvalue weighted by Crippen LogP contribution is 2.33. The highest BCUT2D eigenvalue weighted by Gasteiger charge is 2.42. The first-order valence-electron chi connectivity index (χ1n) is 15.0. The maximum atomic E-state index is 13.9. The second-order valence-corrected chi connectivity index (χ2v) is 14.0. The van der Waals surface area contributed by atoms with Crippen molar-refractivity contribution >= 4 is 45.1 Å². The number of sulfonamides is 1. The standard InChI is InChI=1S/C29H34ClFN4O5S.C2HF3O2/c30-25-9-4-21-16-26(25)41(38,39)35(24-7-5-22(31)6-8-24)12-1-2-13-40-19-29(10-3-11-32-18-29)28(37)34-23-14-20(15-23)17-33-27(21)36;3-2(4,5)1(6)7/h1-2,4-9,16,20,23,32H,3,10-15,17-19H2,(H,33,36)(H,34,37);(H,6,7)/b2-1+;. The number of nitrogens with one attached hydrogen (secondary N) is 3. The number of carboxylic acid groups (broad SMARTS) is 1. The number of nitrogens with zero attached hydrogens (tertiary/aromatic N) is 1. The van der Waals surface area contributed by atoms with E-state index < -0.39 is 39.3 Å². The minimum absolute atomic E-state index is 0.0298. The molecule has 0 aromatic heterocycles. The number of hydrogen-bond acceptors (Lipinski definition) is 7. The number of anilines is 1. The molecule has 1 unspecified atom stereocenters. The smallest absolute Gasteiger partial charge is 0.475 e. The van der Waals surface area contributed by atoms with Gasteiger partial charge in [0.05, 0.1) is 35.9 Å². The summed E-state index contributed by atoms with van der Waals surface area (Å²) >= 11 is 6.35. The molecule has 2 aromatic carbocycles. The lowest BCUT2D eigenvalue weighted by atomic mass is 9.77. The molecule has 262 valence electrons. The molecule has 3 heterocycles. The predicted molar refractivity (Wildman–Crippen MR) is 168 cm³/mol. The number of halogens is 5. The zero-order valence-corrected chi connectivity index (χ0v) is 27.1. The Morgan fingerprint density at radius 3 is 2.40 bits per heavy atom. The summed E-state index contributed by atoms with van der Waals surface area (Å²) in [6.45, 7) is 2.07. The summed E-state index contributed by atoms with van der Waals surface area (Å²) in [4.78, 5) is 35.0. The third kappa shape index (κ3) is 9.24. The fourth-order valence-electron chi connectivity index (χ4n) is 5.52. The molecule has 1 spiro atoms. The van der Waals surface area contributed by atoms with Gasteiger partial charge in [0.1, 0.15) is 10.7 Å². The first-order chi connectivity index (χ1) is 22.6. The van der Waals surface area contributed by atoms with Crippen LogP contribution in [0.4, 0.5) is 23.2 Å². The largest absolute Gasteiger partial charge is 0.490 e. The van der Waals surface area contributed by atoms with Gasteiger partial charge in [-0.3, -0.25) is 13.9 Å². The Morgan fingerprint density at radius 2 is 1.77 bits per heavy atom. The number of carboxylic acids is 1. The molecule has 1 aliphatic carbocycles. The molecule has 0 radical (unpaired) electrons. The van der Waals surface area contributed by atoms with E-state index in [1.165, 1.54) is 42.5 Å². The first kappa shape index (κ1) is 37.1. The Bertz CT molecular complexity index is 1610. The predicted octanol–water partition coefficient (Wildman–Crippen LogP) is 3.89. The van der Waals surface area contributed by atoms with Gasteiger partial charge in [-0.15, -0.1) is 0 Å². The Morgan fingerprint density at radius 1 is 1.08 bits per heavy atom. The van der Waals surface area contributed by atoms with Crippen LogP contribution in [0.2, 0.25) is 5.02 Å². The summed E-state index contributed by atoms with van der Waals surface area (Å²) in [5.74, 6) is -3.52. The molecule has 6 rings (SSSR count). The van der Waals surface area contributed by atoms with Crippen LogP contribution in [0, 0.1) is 17.2 Å². The Kier molecular flexibility index (Phi) is 12.1. The number of rotatable bonds is 1. The van der Waals surface area contributed by atoms with Crippen molar-refractivity contribution in [3.8, 4) is 0 Å². The number of alkyl halides is 3. The van der Waals surface area contributed by atoms with Gasteiger partial charge in [-0.2, -0.15) is 13.2 Å². The molecule has 2 fully saturated rings. The molecule has 2 amide bonds. The van der Waals surface area contributed by atoms with E-state index in [0.29, 0.717) is 19.5 Å². The van der Waals surface area contributed by atoms with Crippen LogP contribution in [0.5, 0.6) is 0 Å². The molecule has 4 N–H and O–H groups in total. The van der Waals surface area contributed by atoms with Gasteiger partial charge in [0.25, 0.3) is 15.9 Å². The van der Waals surface area contributed by atoms with Gasteiger partial charge >= 0.3 is 12.1 Å². The highest BCUT2D eigenvalue weighted by atomic mass is 35.5. The lowest BCUT2D eigenvalue weighted by Crippen LogP contribution is -2.57. The number of benzene rings is 2. The zero-order valence-electron chi connectivity index (χ0n) is 25.6. The molecule has 48 heavy (non-hydrogen) atoms. The van der Waals surface area contributed by atoms with Gasteiger partial charge in [-0.05, 0) is 80.6 Å². The van der Waals surface area contributed by atoms with Gasteiger partial charge in [-0.25, -0.2) is 17.6 Å². The van der Waals surface area contributed by atoms with Gasteiger partial charge in [0.2, 0.25) is 5.91 Å². The monoisotopic (exact) mass is 718 g/mol. The Labute approximate surface area is 279 Å². The van der Waals surface area contributed by atoms with Gasteiger partial charge in [-0.1, -0.05) is 23.8 Å². The summed E-state index contributed by atoms with van der Waals surface area (Å²) in [6, 6.07) is 9.24. The van der Waals surface area contributed by atoms with Crippen LogP contribution >= 0.6 is 11.6 Å². The number of carbonyl (C=O) groups excluding carboxylic acids is 2. The fourth-order valence-corrected chi connectivity index (χ4v) is 7.44. The van der Waals surface area contributed by atoms with Crippen molar-refractivity contribution in [2.45, 2.75) is 42.8 Å². The molecular weight excluding hydrogens is 684 g/mol. The van der Waals surface area contributed by atoms with Crippen LogP contribution in [0.3, 0.4) is 0 Å². The van der Waals surface area contributed by atoms with E-state index in [-0.39, 0.29) is 58.8 Å². The first-order valence-corrected chi connectivity index (χ1v) is 16.8. The number of fused-ring (bicyclic) bond motifs is 9. The lowest BCUT2D eigenvalue weighted by Gasteiger charge is -2.41. The van der Waals surface area contributed by atoms with Crippen molar-refractivity contribution in [2.75, 3.05) is 43.7 Å². The molecule has 11 nitrogen and oxygen atoms in total. The molecule has 1 saturated heterocycles. The quantitative estimate of drug-likeness (QED) is 0.256. The van der Waals surface area contributed by atoms with Gasteiger partial charge < -0.3 is 25.8 Å². The van der Waals surface area contributed by atoms with Crippen molar-refractivity contribution in [1.82, 2.24) is 16.0 Å². The lowest BCUT2D eigenvalue weighted by molar-refractivity contribution is -0.192. The third-order valence-corrected chi connectivity index (χ3v) is 10.5. The molecule has 1 atom stereocenters. The second kappa shape index (κ2) is 15.7. The minimum Gasteiger partial charge on any atom is -0.475 e. The normalized spacial score (nSPS) is 25.7. The number of aliphatic carboxylic acids is 1. The van der Waals surface area contributed by atoms with Crippen molar-refractivity contribution in [3.05, 3.63) is 71.0 Å². The van der Waals surface area contributed by atoms with Crippen molar-refractivity contribution in [2.24, 2.45) is 11.3 Å². The summed E-state index contributed by atoms with van der Waals surface area (Å²) in [6.07, 6.45) is 1.28. The maximum Gasteiger partial charge on any atom is 0.490 e. The highest BCUT2D eigenvalue weighted by molar-refractivity contribution is 7.93. The van der Waals surface area contributed by atoms with E-state index >= 15 is 0 Å². The van der Waals surface area contributed by atoms with Crippen LogP contribution in [0.1, 0.15) is 36.0 Å². The van der Waals surface area contributed by atoms with Gasteiger partial charge in [0, 0.05) is 24.7 Å². The van der Waals surface area contributed by atoms with Crippen LogP contribution in [-0.4, -0.2) is 82.9 Å². The molecule has 1 saturated carbocycles. The average Bonchev–Trinajstić information content (AvgIpc) is 3.02. The number of amides is 2. The van der Waals surface area contributed by atoms with Crippen molar-refractivity contribution in [3.63, 3.8) is 0 Å². The second-order valence-electron chi connectivity index (χ2n) is 11.7. The van der Waals surface area contributed by atoms with Gasteiger partial charge in [0.15, 0.2) is 0 Å². The topological polar surface area (TPSA) is 154 Å². The fraction of sp³-hybridized carbons (Fsp3) is 0.452. The van der Waals surface area contributed by atoms with E-state index in [1.807, 2.05) is 0 Å². The van der Waals surface area contributed by atoms with Crippen LogP contribution < -0.4 is 20.3 Å². The van der Waals surface area contributed by atoms with E-state index in [2.05, 4.69) is 16.0 Å². The Balaban J connectivity index is 0.000000671. The Hall–Kier alpha value is -3.73. The van der Waals surface area contributed by atoms with Crippen LogP contribution in [-0.2, 0) is 24.3 Å². The molecular formula is C31H35ClF4N4O7S. The van der Waals surface area contributed by atoms with Crippen LogP contribution in [0.25, 0.3) is 0 Å². The number of hydrogen-bond donors (Lipinski definition) is 4. The van der Waals surface area contributed by atoms with E-state index in [4.69, 9.17) is 26.2 Å². The molecule has 2 aromatic rings. The van der Waals surface area contributed by atoms with E-state index in [1.54, 1.807) is 12.2 Å². The molecule has 4 aliphatic rings. The molecule has 17 heteroatoms.